The molecule has 1 aromatic heterocycles. The fourth-order valence-corrected chi connectivity index (χ4v) is 3.67. The summed E-state index contributed by atoms with van der Waals surface area (Å²) in [6.07, 6.45) is 5.88. The lowest BCUT2D eigenvalue weighted by Crippen LogP contribution is -2.43. The Morgan fingerprint density at radius 2 is 2.35 bits per heavy atom. The van der Waals surface area contributed by atoms with Crippen molar-refractivity contribution < 1.29 is 14.3 Å². The molecule has 108 valence electrons. The molecule has 3 aliphatic rings. The van der Waals surface area contributed by atoms with E-state index >= 15 is 0 Å². The first kappa shape index (κ1) is 12.3. The zero-order valence-electron chi connectivity index (χ0n) is 11.2. The first-order chi connectivity index (χ1) is 9.81. The Morgan fingerprint density at radius 3 is 3.05 bits per heavy atom. The van der Waals surface area contributed by atoms with E-state index in [1.165, 1.54) is 0 Å². The molecule has 2 bridgehead atoms. The lowest BCUT2D eigenvalue weighted by molar-refractivity contribution is -0.127. The van der Waals surface area contributed by atoms with Gasteiger partial charge in [0.1, 0.15) is 6.10 Å². The maximum atomic E-state index is 12.4. The van der Waals surface area contributed by atoms with Crippen LogP contribution in [-0.4, -0.2) is 41.0 Å². The molecule has 0 aromatic carbocycles. The second-order valence-electron chi connectivity index (χ2n) is 5.92. The molecule has 1 aromatic rings. The van der Waals surface area contributed by atoms with Gasteiger partial charge in [-0.25, -0.2) is 0 Å². The van der Waals surface area contributed by atoms with Crippen molar-refractivity contribution in [3.8, 4) is 0 Å². The molecule has 3 saturated heterocycles. The Morgan fingerprint density at radius 1 is 1.40 bits per heavy atom. The number of nitrogens with zero attached hydrogens (tertiary/aromatic N) is 1. The Labute approximate surface area is 117 Å². The predicted octanol–water partition coefficient (Wildman–Crippen LogP) is 0.923. The van der Waals surface area contributed by atoms with E-state index in [2.05, 4.69) is 15.5 Å². The SMILES string of the molecule is O=C(N[C@@H]1CCO[C@H]1c1ccn[nH]1)C1CC2CCC1O2. The Balaban J connectivity index is 1.42. The van der Waals surface area contributed by atoms with Crippen LogP contribution in [0.4, 0.5) is 0 Å². The molecule has 20 heavy (non-hydrogen) atoms. The molecular weight excluding hydrogens is 258 g/mol. The van der Waals surface area contributed by atoms with Crippen LogP contribution in [0.3, 0.4) is 0 Å². The van der Waals surface area contributed by atoms with Crippen LogP contribution >= 0.6 is 0 Å². The number of hydrogen-bond acceptors (Lipinski definition) is 4. The number of H-pyrrole nitrogens is 1. The van der Waals surface area contributed by atoms with Crippen molar-refractivity contribution in [2.75, 3.05) is 6.61 Å². The van der Waals surface area contributed by atoms with Crippen LogP contribution in [0.5, 0.6) is 0 Å². The number of carbonyl (C=O) groups excluding carboxylic acids is 1. The minimum atomic E-state index is -0.110. The smallest absolute Gasteiger partial charge is 0.226 e. The zero-order chi connectivity index (χ0) is 13.5. The van der Waals surface area contributed by atoms with Gasteiger partial charge in [-0.1, -0.05) is 0 Å². The van der Waals surface area contributed by atoms with Crippen LogP contribution in [0.25, 0.3) is 0 Å². The van der Waals surface area contributed by atoms with E-state index in [9.17, 15) is 4.79 Å². The van der Waals surface area contributed by atoms with Crippen molar-refractivity contribution in [1.29, 1.82) is 0 Å². The predicted molar refractivity (Wildman–Crippen MR) is 69.8 cm³/mol. The van der Waals surface area contributed by atoms with Crippen molar-refractivity contribution in [3.63, 3.8) is 0 Å². The fraction of sp³-hybridized carbons (Fsp3) is 0.714. The largest absolute Gasteiger partial charge is 0.374 e. The van der Waals surface area contributed by atoms with Gasteiger partial charge in [0.15, 0.2) is 0 Å². The molecule has 1 amide bonds. The number of amides is 1. The fourth-order valence-electron chi connectivity index (χ4n) is 3.67. The van der Waals surface area contributed by atoms with Gasteiger partial charge in [0.25, 0.3) is 0 Å². The minimum absolute atomic E-state index is 0.0248. The number of carbonyl (C=O) groups is 1. The summed E-state index contributed by atoms with van der Waals surface area (Å²) in [7, 11) is 0. The summed E-state index contributed by atoms with van der Waals surface area (Å²) < 4.78 is 11.5. The molecule has 4 rings (SSSR count). The summed E-state index contributed by atoms with van der Waals surface area (Å²) >= 11 is 0. The highest BCUT2D eigenvalue weighted by molar-refractivity contribution is 5.80. The molecule has 3 aliphatic heterocycles. The van der Waals surface area contributed by atoms with E-state index in [1.54, 1.807) is 6.20 Å². The first-order valence-electron chi connectivity index (χ1n) is 7.38. The molecule has 0 spiro atoms. The van der Waals surface area contributed by atoms with Gasteiger partial charge in [0.2, 0.25) is 5.91 Å². The average Bonchev–Trinajstić information content (AvgIpc) is 3.22. The van der Waals surface area contributed by atoms with Gasteiger partial charge in [-0.15, -0.1) is 0 Å². The molecule has 2 N–H and O–H groups in total. The van der Waals surface area contributed by atoms with E-state index in [-0.39, 0.29) is 30.1 Å². The maximum absolute atomic E-state index is 12.4. The van der Waals surface area contributed by atoms with Gasteiger partial charge in [0.05, 0.1) is 29.9 Å². The average molecular weight is 277 g/mol. The van der Waals surface area contributed by atoms with Crippen molar-refractivity contribution >= 4 is 5.91 Å². The van der Waals surface area contributed by atoms with E-state index in [0.29, 0.717) is 12.7 Å². The monoisotopic (exact) mass is 277 g/mol. The molecule has 3 fully saturated rings. The molecular formula is C14H19N3O3. The van der Waals surface area contributed by atoms with Crippen LogP contribution in [-0.2, 0) is 14.3 Å². The topological polar surface area (TPSA) is 76.2 Å². The number of rotatable bonds is 3. The van der Waals surface area contributed by atoms with Gasteiger partial charge in [-0.05, 0) is 31.7 Å². The van der Waals surface area contributed by atoms with E-state index in [1.807, 2.05) is 6.07 Å². The Kier molecular flexibility index (Phi) is 3.00. The summed E-state index contributed by atoms with van der Waals surface area (Å²) in [6.45, 7) is 0.669. The normalized spacial score (nSPS) is 39.3. The van der Waals surface area contributed by atoms with Crippen molar-refractivity contribution in [3.05, 3.63) is 18.0 Å². The van der Waals surface area contributed by atoms with Crippen LogP contribution in [0.1, 0.15) is 37.5 Å². The number of hydrogen-bond donors (Lipinski definition) is 2. The van der Waals surface area contributed by atoms with E-state index in [4.69, 9.17) is 9.47 Å². The van der Waals surface area contributed by atoms with E-state index < -0.39 is 0 Å². The van der Waals surface area contributed by atoms with Crippen LogP contribution in [0.15, 0.2) is 12.3 Å². The second-order valence-corrected chi connectivity index (χ2v) is 5.92. The third kappa shape index (κ3) is 2.03. The van der Waals surface area contributed by atoms with E-state index in [0.717, 1.165) is 31.4 Å². The third-order valence-corrected chi connectivity index (χ3v) is 4.69. The number of aromatic nitrogens is 2. The van der Waals surface area contributed by atoms with Gasteiger partial charge < -0.3 is 14.8 Å². The quantitative estimate of drug-likeness (QED) is 0.861. The first-order valence-corrected chi connectivity index (χ1v) is 7.38. The van der Waals surface area contributed by atoms with Gasteiger partial charge >= 0.3 is 0 Å². The number of ether oxygens (including phenoxy) is 2. The standard InChI is InChI=1S/C14H19N3O3/c18-14(9-7-8-1-2-12(9)20-8)16-10-4-6-19-13(10)11-3-5-15-17-11/h3,5,8-10,12-13H,1-2,4,6-7H2,(H,15,17)(H,16,18)/t8?,9?,10-,12?,13-/m1/s1. The maximum Gasteiger partial charge on any atom is 0.226 e. The van der Waals surface area contributed by atoms with Crippen LogP contribution in [0, 0.1) is 5.92 Å². The minimum Gasteiger partial charge on any atom is -0.374 e. The summed E-state index contributed by atoms with van der Waals surface area (Å²) in [5.74, 6) is 0.147. The van der Waals surface area contributed by atoms with Gasteiger partial charge in [0, 0.05) is 12.8 Å². The van der Waals surface area contributed by atoms with Gasteiger partial charge in [-0.3, -0.25) is 9.89 Å². The molecule has 3 unspecified atom stereocenters. The third-order valence-electron chi connectivity index (χ3n) is 4.69. The number of nitrogens with one attached hydrogen (secondary N) is 2. The molecule has 5 atom stereocenters. The van der Waals surface area contributed by atoms with Crippen molar-refractivity contribution in [2.24, 2.45) is 5.92 Å². The summed E-state index contributed by atoms with van der Waals surface area (Å²) in [4.78, 5) is 12.4. The zero-order valence-corrected chi connectivity index (χ0v) is 11.2. The molecule has 4 heterocycles. The molecule has 0 radical (unpaired) electrons. The highest BCUT2D eigenvalue weighted by Gasteiger charge is 2.45. The molecule has 6 nitrogen and oxygen atoms in total. The van der Waals surface area contributed by atoms with Crippen LogP contribution in [0.2, 0.25) is 0 Å². The van der Waals surface area contributed by atoms with Crippen LogP contribution < -0.4 is 5.32 Å². The summed E-state index contributed by atoms with van der Waals surface area (Å²) in [5, 5.41) is 10.0. The molecule has 0 aliphatic carbocycles. The summed E-state index contributed by atoms with van der Waals surface area (Å²) in [6, 6.07) is 1.93. The Hall–Kier alpha value is -1.40. The highest BCUT2D eigenvalue weighted by atomic mass is 16.5. The number of fused-ring (bicyclic) bond motifs is 2. The molecule has 0 saturated carbocycles. The lowest BCUT2D eigenvalue weighted by atomic mass is 9.88. The van der Waals surface area contributed by atoms with Gasteiger partial charge in [-0.2, -0.15) is 5.10 Å². The molecule has 6 heteroatoms. The van der Waals surface area contributed by atoms with Crippen molar-refractivity contribution in [1.82, 2.24) is 15.5 Å². The number of aromatic amines is 1. The van der Waals surface area contributed by atoms with Crippen molar-refractivity contribution in [2.45, 2.75) is 50.0 Å². The Bertz CT molecular complexity index is 490. The lowest BCUT2D eigenvalue weighted by Gasteiger charge is -2.23. The highest BCUT2D eigenvalue weighted by Crippen LogP contribution is 2.39. The summed E-state index contributed by atoms with van der Waals surface area (Å²) in [5.41, 5.74) is 0.928. The second kappa shape index (κ2) is 4.86.